The number of rotatable bonds is 4. The van der Waals surface area contributed by atoms with Crippen LogP contribution in [0.15, 0.2) is 18.3 Å². The van der Waals surface area contributed by atoms with Crippen molar-refractivity contribution in [3.05, 3.63) is 24.0 Å². The lowest BCUT2D eigenvalue weighted by atomic mass is 10.2. The highest BCUT2D eigenvalue weighted by Crippen LogP contribution is 2.17. The molecule has 1 aromatic heterocycles. The molecule has 4 nitrogen and oxygen atoms in total. The molecule has 0 saturated carbocycles. The van der Waals surface area contributed by atoms with Crippen molar-refractivity contribution in [2.45, 2.75) is 26.3 Å². The molecule has 1 aromatic rings. The van der Waals surface area contributed by atoms with Crippen LogP contribution in [-0.2, 0) is 0 Å². The van der Waals surface area contributed by atoms with Crippen molar-refractivity contribution in [1.29, 1.82) is 0 Å². The van der Waals surface area contributed by atoms with Crippen LogP contribution in [0.1, 0.15) is 32.0 Å². The number of aromatic nitrogens is 1. The molecular weight excluding hydrogens is 224 g/mol. The smallest absolute Gasteiger partial charge is 0.0569 e. The van der Waals surface area contributed by atoms with Gasteiger partial charge in [-0.05, 0) is 32.0 Å². The summed E-state index contributed by atoms with van der Waals surface area (Å²) in [6.45, 7) is 9.93. The Labute approximate surface area is 110 Å². The van der Waals surface area contributed by atoms with Crippen LogP contribution in [0.4, 0.5) is 5.69 Å². The van der Waals surface area contributed by atoms with E-state index >= 15 is 0 Å². The highest BCUT2D eigenvalue weighted by atomic mass is 15.3. The molecule has 1 aliphatic heterocycles. The predicted octanol–water partition coefficient (Wildman–Crippen LogP) is 1.63. The van der Waals surface area contributed by atoms with E-state index in [9.17, 15) is 0 Å². The van der Waals surface area contributed by atoms with Gasteiger partial charge in [0.15, 0.2) is 0 Å². The van der Waals surface area contributed by atoms with E-state index in [4.69, 9.17) is 5.73 Å². The average Bonchev–Trinajstić information content (AvgIpc) is 2.40. The molecule has 2 rings (SSSR count). The summed E-state index contributed by atoms with van der Waals surface area (Å²) in [6, 6.07) is 4.19. The van der Waals surface area contributed by atoms with Gasteiger partial charge in [-0.25, -0.2) is 0 Å². The van der Waals surface area contributed by atoms with Gasteiger partial charge in [-0.15, -0.1) is 0 Å². The maximum Gasteiger partial charge on any atom is 0.0569 e. The lowest BCUT2D eigenvalue weighted by Crippen LogP contribution is -2.46. The number of nitrogens with two attached hydrogens (primary N) is 1. The molecule has 1 atom stereocenters. The number of anilines is 1. The Kier molecular flexibility index (Phi) is 4.55. The monoisotopic (exact) mass is 248 g/mol. The summed E-state index contributed by atoms with van der Waals surface area (Å²) in [5.41, 5.74) is 7.99. The number of pyridine rings is 1. The van der Waals surface area contributed by atoms with Crippen molar-refractivity contribution in [3.63, 3.8) is 0 Å². The Morgan fingerprint density at radius 1 is 1.28 bits per heavy atom. The summed E-state index contributed by atoms with van der Waals surface area (Å²) in [4.78, 5) is 9.36. The summed E-state index contributed by atoms with van der Waals surface area (Å²) in [5.74, 6) is 0. The van der Waals surface area contributed by atoms with Crippen LogP contribution < -0.4 is 10.6 Å². The summed E-state index contributed by atoms with van der Waals surface area (Å²) < 4.78 is 0. The minimum absolute atomic E-state index is 0.0143. The molecule has 0 radical (unpaired) electrons. The molecule has 1 fully saturated rings. The van der Waals surface area contributed by atoms with Crippen molar-refractivity contribution in [2.75, 3.05) is 37.6 Å². The topological polar surface area (TPSA) is 45.4 Å². The fourth-order valence-electron chi connectivity index (χ4n) is 2.40. The van der Waals surface area contributed by atoms with Crippen molar-refractivity contribution in [3.8, 4) is 0 Å². The molecule has 100 valence electrons. The zero-order valence-corrected chi connectivity index (χ0v) is 11.5. The molecule has 2 heterocycles. The first-order valence-electron chi connectivity index (χ1n) is 6.89. The molecule has 0 aromatic carbocycles. The maximum absolute atomic E-state index is 5.81. The number of piperazine rings is 1. The zero-order valence-electron chi connectivity index (χ0n) is 11.5. The molecule has 0 aliphatic carbocycles. The molecular formula is C14H24N4. The minimum Gasteiger partial charge on any atom is -0.368 e. The third-order valence-electron chi connectivity index (χ3n) is 3.51. The molecule has 0 amide bonds. The van der Waals surface area contributed by atoms with E-state index in [0.29, 0.717) is 0 Å². The summed E-state index contributed by atoms with van der Waals surface area (Å²) in [6.07, 6.45) is 3.19. The van der Waals surface area contributed by atoms with Crippen molar-refractivity contribution >= 4 is 5.69 Å². The van der Waals surface area contributed by atoms with Crippen LogP contribution >= 0.6 is 0 Å². The van der Waals surface area contributed by atoms with Crippen LogP contribution in [-0.4, -0.2) is 42.6 Å². The Bertz CT molecular complexity index is 353. The molecule has 2 N–H and O–H groups in total. The lowest BCUT2D eigenvalue weighted by molar-refractivity contribution is 0.258. The predicted molar refractivity (Wildman–Crippen MR) is 75.8 cm³/mol. The van der Waals surface area contributed by atoms with Crippen LogP contribution in [0.25, 0.3) is 0 Å². The first-order chi connectivity index (χ1) is 8.70. The van der Waals surface area contributed by atoms with Gasteiger partial charge in [0, 0.05) is 32.2 Å². The van der Waals surface area contributed by atoms with Gasteiger partial charge < -0.3 is 10.6 Å². The first-order valence-corrected chi connectivity index (χ1v) is 6.89. The lowest BCUT2D eigenvalue weighted by Gasteiger charge is -2.35. The largest absolute Gasteiger partial charge is 0.368 e. The van der Waals surface area contributed by atoms with E-state index in [2.05, 4.69) is 27.8 Å². The quantitative estimate of drug-likeness (QED) is 0.880. The number of nitrogens with zero attached hydrogens (tertiary/aromatic N) is 3. The molecule has 1 saturated heterocycles. The normalized spacial score (nSPS) is 18.9. The van der Waals surface area contributed by atoms with E-state index in [-0.39, 0.29) is 6.04 Å². The highest BCUT2D eigenvalue weighted by Gasteiger charge is 2.16. The van der Waals surface area contributed by atoms with E-state index in [0.717, 1.165) is 31.9 Å². The number of hydrogen-bond donors (Lipinski definition) is 1. The summed E-state index contributed by atoms with van der Waals surface area (Å²) in [7, 11) is 0. The SMILES string of the molecule is CCCN1CCN(c2ccc([C@H](C)N)nc2)CC1. The van der Waals surface area contributed by atoms with Gasteiger partial charge in [-0.2, -0.15) is 0 Å². The van der Waals surface area contributed by atoms with Crippen LogP contribution in [0.2, 0.25) is 0 Å². The van der Waals surface area contributed by atoms with Gasteiger partial charge >= 0.3 is 0 Å². The van der Waals surface area contributed by atoms with Crippen LogP contribution in [0, 0.1) is 0 Å². The molecule has 1 aliphatic rings. The fourth-order valence-corrected chi connectivity index (χ4v) is 2.40. The summed E-state index contributed by atoms with van der Waals surface area (Å²) in [5, 5.41) is 0. The first kappa shape index (κ1) is 13.3. The van der Waals surface area contributed by atoms with Gasteiger partial charge in [0.2, 0.25) is 0 Å². The van der Waals surface area contributed by atoms with Gasteiger partial charge in [0.25, 0.3) is 0 Å². The zero-order chi connectivity index (χ0) is 13.0. The molecule has 4 heteroatoms. The van der Waals surface area contributed by atoms with E-state index in [1.54, 1.807) is 0 Å². The molecule has 0 spiro atoms. The molecule has 18 heavy (non-hydrogen) atoms. The van der Waals surface area contributed by atoms with Gasteiger partial charge in [0.05, 0.1) is 17.6 Å². The molecule has 0 bridgehead atoms. The summed E-state index contributed by atoms with van der Waals surface area (Å²) >= 11 is 0. The Hall–Kier alpha value is -1.13. The van der Waals surface area contributed by atoms with Crippen molar-refractivity contribution < 1.29 is 0 Å². The Morgan fingerprint density at radius 2 is 2.00 bits per heavy atom. The second kappa shape index (κ2) is 6.16. The maximum atomic E-state index is 5.81. The van der Waals surface area contributed by atoms with E-state index in [1.165, 1.54) is 18.7 Å². The van der Waals surface area contributed by atoms with Crippen molar-refractivity contribution in [1.82, 2.24) is 9.88 Å². The standard InChI is InChI=1S/C14H24N4/c1-3-6-17-7-9-18(10-8-17)13-4-5-14(12(2)15)16-11-13/h4-5,11-12H,3,6-10,15H2,1-2H3/t12-/m0/s1. The van der Waals surface area contributed by atoms with Gasteiger partial charge in [0.1, 0.15) is 0 Å². The van der Waals surface area contributed by atoms with Crippen LogP contribution in [0.3, 0.4) is 0 Å². The van der Waals surface area contributed by atoms with Gasteiger partial charge in [-0.3, -0.25) is 9.88 Å². The average molecular weight is 248 g/mol. The van der Waals surface area contributed by atoms with Gasteiger partial charge in [-0.1, -0.05) is 6.92 Å². The Morgan fingerprint density at radius 3 is 2.50 bits per heavy atom. The third kappa shape index (κ3) is 3.21. The van der Waals surface area contributed by atoms with E-state index < -0.39 is 0 Å². The second-order valence-corrected chi connectivity index (χ2v) is 5.06. The minimum atomic E-state index is 0.0143. The van der Waals surface area contributed by atoms with Crippen molar-refractivity contribution in [2.24, 2.45) is 5.73 Å². The van der Waals surface area contributed by atoms with Crippen LogP contribution in [0.5, 0.6) is 0 Å². The molecule has 0 unspecified atom stereocenters. The second-order valence-electron chi connectivity index (χ2n) is 5.06. The fraction of sp³-hybridized carbons (Fsp3) is 0.643. The van der Waals surface area contributed by atoms with E-state index in [1.807, 2.05) is 19.2 Å². The Balaban J connectivity index is 1.93. The third-order valence-corrected chi connectivity index (χ3v) is 3.51. The highest BCUT2D eigenvalue weighted by molar-refractivity contribution is 5.45. The number of hydrogen-bond acceptors (Lipinski definition) is 4.